The van der Waals surface area contributed by atoms with Crippen molar-refractivity contribution in [2.75, 3.05) is 41.0 Å². The first-order valence-electron chi connectivity index (χ1n) is 16.1. The van der Waals surface area contributed by atoms with Crippen LogP contribution in [0.1, 0.15) is 22.7 Å². The van der Waals surface area contributed by atoms with E-state index in [0.717, 1.165) is 53.6 Å². The van der Waals surface area contributed by atoms with Crippen molar-refractivity contribution in [3.63, 3.8) is 0 Å². The van der Waals surface area contributed by atoms with Crippen molar-refractivity contribution in [3.05, 3.63) is 169 Å². The first-order valence-corrected chi connectivity index (χ1v) is 16.1. The molecule has 1 saturated heterocycles. The molecule has 5 aromatic carbocycles. The summed E-state index contributed by atoms with van der Waals surface area (Å²) in [6.45, 7) is 7.65. The number of nitrogens with one attached hydrogen (secondary N) is 1. The molecule has 0 spiro atoms. The zero-order valence-corrected chi connectivity index (χ0v) is 26.9. The van der Waals surface area contributed by atoms with Gasteiger partial charge in [-0.3, -0.25) is 14.6 Å². The number of carbonyl (C=O) groups excluding carboxylic acids is 2. The van der Waals surface area contributed by atoms with E-state index >= 15 is 0 Å². The SMILES string of the molecule is C=C(c1ccccc1)N(C(=O)N(N)c1ccc(N2CCN(C(C(=O)NCc3ccccc3)c3ccccc3)CC2)cc1)c1ccccc1. The third-order valence-electron chi connectivity index (χ3n) is 8.63. The molecule has 0 aliphatic carbocycles. The van der Waals surface area contributed by atoms with Crippen LogP contribution in [0.15, 0.2) is 152 Å². The quantitative estimate of drug-likeness (QED) is 0.0996. The molecule has 1 atom stereocenters. The summed E-state index contributed by atoms with van der Waals surface area (Å²) in [5, 5.41) is 4.31. The van der Waals surface area contributed by atoms with Gasteiger partial charge in [-0.1, -0.05) is 116 Å². The highest BCUT2D eigenvalue weighted by Crippen LogP contribution is 2.29. The molecule has 0 radical (unpaired) electrons. The Morgan fingerprint density at radius 3 is 1.83 bits per heavy atom. The highest BCUT2D eigenvalue weighted by molar-refractivity contribution is 6.11. The standard InChI is InChI=1S/C40H40N6O2/c1-31(33-16-8-3-9-17-33)45(36-20-12-5-13-21-36)40(48)46(41)37-24-22-35(23-25-37)43-26-28-44(29-27-43)38(34-18-10-4-11-19-34)39(47)42-30-32-14-6-2-7-15-32/h2-25,38H,1,26-30,41H2,(H,42,47). The number of para-hydroxylation sites is 1. The van der Waals surface area contributed by atoms with Crippen molar-refractivity contribution in [1.29, 1.82) is 0 Å². The summed E-state index contributed by atoms with van der Waals surface area (Å²) in [5.74, 6) is 6.46. The molecule has 1 aliphatic rings. The molecule has 242 valence electrons. The van der Waals surface area contributed by atoms with Gasteiger partial charge in [0.15, 0.2) is 0 Å². The van der Waals surface area contributed by atoms with E-state index in [0.29, 0.717) is 23.6 Å². The second-order valence-corrected chi connectivity index (χ2v) is 11.7. The van der Waals surface area contributed by atoms with Crippen molar-refractivity contribution < 1.29 is 9.59 Å². The number of nitrogens with zero attached hydrogens (tertiary/aromatic N) is 4. The fourth-order valence-corrected chi connectivity index (χ4v) is 6.04. The van der Waals surface area contributed by atoms with Crippen LogP contribution in [-0.2, 0) is 11.3 Å². The van der Waals surface area contributed by atoms with E-state index in [-0.39, 0.29) is 11.9 Å². The van der Waals surface area contributed by atoms with Crippen LogP contribution in [0.2, 0.25) is 0 Å². The van der Waals surface area contributed by atoms with Gasteiger partial charge in [-0.15, -0.1) is 0 Å². The monoisotopic (exact) mass is 636 g/mol. The second-order valence-electron chi connectivity index (χ2n) is 11.7. The molecule has 0 aromatic heterocycles. The topological polar surface area (TPSA) is 85.2 Å². The van der Waals surface area contributed by atoms with Crippen molar-refractivity contribution in [1.82, 2.24) is 10.2 Å². The number of anilines is 3. The largest absolute Gasteiger partial charge is 0.369 e. The highest BCUT2D eigenvalue weighted by Gasteiger charge is 2.31. The van der Waals surface area contributed by atoms with Crippen LogP contribution in [-0.4, -0.2) is 43.0 Å². The molecule has 3 N–H and O–H groups in total. The van der Waals surface area contributed by atoms with Crippen LogP contribution in [0.3, 0.4) is 0 Å². The lowest BCUT2D eigenvalue weighted by molar-refractivity contribution is -0.127. The molecule has 1 fully saturated rings. The minimum absolute atomic E-state index is 0.00458. The predicted octanol–water partition coefficient (Wildman–Crippen LogP) is 6.84. The Bertz CT molecular complexity index is 1790. The summed E-state index contributed by atoms with van der Waals surface area (Å²) in [6, 6.07) is 45.8. The van der Waals surface area contributed by atoms with E-state index in [4.69, 9.17) is 5.84 Å². The molecular formula is C40H40N6O2. The molecule has 48 heavy (non-hydrogen) atoms. The van der Waals surface area contributed by atoms with Crippen LogP contribution in [0.4, 0.5) is 21.9 Å². The van der Waals surface area contributed by atoms with Crippen LogP contribution >= 0.6 is 0 Å². The number of piperazine rings is 1. The van der Waals surface area contributed by atoms with Gasteiger partial charge in [-0.2, -0.15) is 0 Å². The molecule has 0 bridgehead atoms. The zero-order valence-electron chi connectivity index (χ0n) is 26.9. The maximum absolute atomic E-state index is 13.9. The van der Waals surface area contributed by atoms with E-state index < -0.39 is 6.03 Å². The lowest BCUT2D eigenvalue weighted by Gasteiger charge is -2.40. The normalized spacial score (nSPS) is 13.7. The molecule has 3 amide bonds. The molecule has 6 rings (SSSR count). The molecule has 1 unspecified atom stereocenters. The minimum Gasteiger partial charge on any atom is -0.369 e. The van der Waals surface area contributed by atoms with Gasteiger partial charge in [0.05, 0.1) is 17.1 Å². The Kier molecular flexibility index (Phi) is 10.3. The molecule has 8 nitrogen and oxygen atoms in total. The molecule has 1 heterocycles. The average molecular weight is 637 g/mol. The Hall–Kier alpha value is -5.70. The number of hydrogen-bond acceptors (Lipinski definition) is 5. The smallest absolute Gasteiger partial charge is 0.347 e. The van der Waals surface area contributed by atoms with Crippen molar-refractivity contribution >= 4 is 34.7 Å². The van der Waals surface area contributed by atoms with Crippen molar-refractivity contribution in [3.8, 4) is 0 Å². The number of hydrogen-bond donors (Lipinski definition) is 2. The Balaban J connectivity index is 1.12. The van der Waals surface area contributed by atoms with Gasteiger partial charge in [0.1, 0.15) is 6.04 Å². The summed E-state index contributed by atoms with van der Waals surface area (Å²) < 4.78 is 0. The molecule has 5 aromatic rings. The third-order valence-corrected chi connectivity index (χ3v) is 8.63. The fraction of sp³-hybridized carbons (Fsp3) is 0.150. The van der Waals surface area contributed by atoms with Crippen LogP contribution < -0.4 is 26.0 Å². The van der Waals surface area contributed by atoms with E-state index in [2.05, 4.69) is 21.7 Å². The number of rotatable bonds is 10. The zero-order chi connectivity index (χ0) is 33.3. The van der Waals surface area contributed by atoms with Gasteiger partial charge >= 0.3 is 6.03 Å². The predicted molar refractivity (Wildman–Crippen MR) is 194 cm³/mol. The number of benzene rings is 5. The van der Waals surface area contributed by atoms with Gasteiger partial charge in [0.2, 0.25) is 5.91 Å². The van der Waals surface area contributed by atoms with Gasteiger partial charge in [0.25, 0.3) is 0 Å². The first kappa shape index (κ1) is 32.2. The number of hydrazine groups is 1. The fourth-order valence-electron chi connectivity index (χ4n) is 6.04. The van der Waals surface area contributed by atoms with Crippen LogP contribution in [0, 0.1) is 0 Å². The lowest BCUT2D eigenvalue weighted by atomic mass is 10.0. The van der Waals surface area contributed by atoms with Crippen LogP contribution in [0.5, 0.6) is 0 Å². The minimum atomic E-state index is -0.422. The lowest BCUT2D eigenvalue weighted by Crippen LogP contribution is -2.51. The maximum Gasteiger partial charge on any atom is 0.347 e. The first-order chi connectivity index (χ1) is 23.5. The maximum atomic E-state index is 13.9. The van der Waals surface area contributed by atoms with E-state index in [9.17, 15) is 9.59 Å². The molecule has 0 saturated carbocycles. The Morgan fingerprint density at radius 1 is 0.688 bits per heavy atom. The van der Waals surface area contributed by atoms with Crippen LogP contribution in [0.25, 0.3) is 5.70 Å². The average Bonchev–Trinajstić information content (AvgIpc) is 3.16. The van der Waals surface area contributed by atoms with Crippen molar-refractivity contribution in [2.45, 2.75) is 12.6 Å². The van der Waals surface area contributed by atoms with Gasteiger partial charge in [-0.05, 0) is 53.1 Å². The number of carbonyl (C=O) groups is 2. The molecule has 8 heteroatoms. The van der Waals surface area contributed by atoms with Gasteiger partial charge < -0.3 is 10.2 Å². The summed E-state index contributed by atoms with van der Waals surface area (Å²) in [7, 11) is 0. The van der Waals surface area contributed by atoms with Gasteiger partial charge in [0, 0.05) is 38.4 Å². The number of amides is 3. The molecular weight excluding hydrogens is 596 g/mol. The number of urea groups is 1. The number of nitrogens with two attached hydrogens (primary N) is 1. The van der Waals surface area contributed by atoms with Gasteiger partial charge in [-0.25, -0.2) is 15.6 Å². The summed E-state index contributed by atoms with van der Waals surface area (Å²) in [4.78, 5) is 33.5. The highest BCUT2D eigenvalue weighted by atomic mass is 16.2. The third kappa shape index (κ3) is 7.47. The summed E-state index contributed by atoms with van der Waals surface area (Å²) >= 11 is 0. The van der Waals surface area contributed by atoms with E-state index in [1.807, 2.05) is 146 Å². The van der Waals surface area contributed by atoms with E-state index in [1.165, 1.54) is 4.90 Å². The second kappa shape index (κ2) is 15.3. The Labute approximate surface area is 282 Å². The summed E-state index contributed by atoms with van der Waals surface area (Å²) in [5.41, 5.74) is 5.65. The summed E-state index contributed by atoms with van der Waals surface area (Å²) in [6.07, 6.45) is 0. The van der Waals surface area contributed by atoms with Crippen molar-refractivity contribution in [2.24, 2.45) is 5.84 Å². The Morgan fingerprint density at radius 2 is 1.23 bits per heavy atom. The van der Waals surface area contributed by atoms with E-state index in [1.54, 1.807) is 0 Å². The molecule has 1 aliphatic heterocycles.